The summed E-state index contributed by atoms with van der Waals surface area (Å²) in [6, 6.07) is 9.63. The van der Waals surface area contributed by atoms with Gasteiger partial charge in [0.2, 0.25) is 0 Å². The van der Waals surface area contributed by atoms with Gasteiger partial charge in [-0.1, -0.05) is 18.2 Å². The number of hydrogen-bond donors (Lipinski definition) is 1. The smallest absolute Gasteiger partial charge is 0.410 e. The number of ether oxygens (including phenoxy) is 1. The lowest BCUT2D eigenvalue weighted by Crippen LogP contribution is -2.49. The van der Waals surface area contributed by atoms with E-state index < -0.39 is 5.60 Å². The predicted molar refractivity (Wildman–Crippen MR) is 79.7 cm³/mol. The molecule has 1 saturated heterocycles. The van der Waals surface area contributed by atoms with E-state index in [1.165, 1.54) is 0 Å². The SMILES string of the molecule is CC(C)(C)OC(=O)N1CCNC(c2ccccc2C#N)C1. The van der Waals surface area contributed by atoms with E-state index in [0.717, 1.165) is 5.56 Å². The molecule has 0 aromatic heterocycles. The number of carbonyl (C=O) groups excluding carboxylic acids is 1. The van der Waals surface area contributed by atoms with Gasteiger partial charge in [-0.2, -0.15) is 5.26 Å². The van der Waals surface area contributed by atoms with Gasteiger partial charge in [0.15, 0.2) is 0 Å². The highest BCUT2D eigenvalue weighted by Crippen LogP contribution is 2.22. The van der Waals surface area contributed by atoms with E-state index in [-0.39, 0.29) is 12.1 Å². The molecule has 0 spiro atoms. The average Bonchev–Trinajstić information content (AvgIpc) is 2.45. The van der Waals surface area contributed by atoms with Crippen molar-refractivity contribution in [3.8, 4) is 6.07 Å². The van der Waals surface area contributed by atoms with Gasteiger partial charge in [-0.25, -0.2) is 4.79 Å². The molecule has 1 atom stereocenters. The molecule has 5 heteroatoms. The Kier molecular flexibility index (Phi) is 4.49. The molecule has 1 unspecified atom stereocenters. The summed E-state index contributed by atoms with van der Waals surface area (Å²) in [5.41, 5.74) is 1.07. The van der Waals surface area contributed by atoms with Crippen LogP contribution in [0.15, 0.2) is 24.3 Å². The van der Waals surface area contributed by atoms with E-state index in [0.29, 0.717) is 25.2 Å². The lowest BCUT2D eigenvalue weighted by atomic mass is 9.99. The van der Waals surface area contributed by atoms with Crippen LogP contribution in [0.2, 0.25) is 0 Å². The third kappa shape index (κ3) is 3.96. The maximum Gasteiger partial charge on any atom is 0.410 e. The maximum atomic E-state index is 12.2. The first-order valence-electron chi connectivity index (χ1n) is 7.11. The summed E-state index contributed by atoms with van der Waals surface area (Å²) in [4.78, 5) is 13.9. The Balaban J connectivity index is 2.11. The lowest BCUT2D eigenvalue weighted by molar-refractivity contribution is 0.0195. The molecule has 0 aliphatic carbocycles. The Labute approximate surface area is 125 Å². The number of nitrogens with zero attached hydrogens (tertiary/aromatic N) is 2. The minimum absolute atomic E-state index is 0.0397. The molecule has 0 radical (unpaired) electrons. The number of piperazine rings is 1. The van der Waals surface area contributed by atoms with Crippen molar-refractivity contribution >= 4 is 6.09 Å². The Bertz CT molecular complexity index is 557. The predicted octanol–water partition coefficient (Wildman–Crippen LogP) is 2.44. The summed E-state index contributed by atoms with van der Waals surface area (Å²) in [6.45, 7) is 7.37. The summed E-state index contributed by atoms with van der Waals surface area (Å²) in [5, 5.41) is 12.6. The Morgan fingerprint density at radius 1 is 1.43 bits per heavy atom. The molecule has 1 aromatic carbocycles. The Morgan fingerprint density at radius 3 is 2.81 bits per heavy atom. The van der Waals surface area contributed by atoms with Gasteiger partial charge in [0.1, 0.15) is 5.60 Å². The highest BCUT2D eigenvalue weighted by atomic mass is 16.6. The van der Waals surface area contributed by atoms with Crippen molar-refractivity contribution in [1.82, 2.24) is 10.2 Å². The standard InChI is InChI=1S/C16H21N3O2/c1-16(2,3)21-15(20)19-9-8-18-14(11-19)13-7-5-4-6-12(13)10-17/h4-7,14,18H,8-9,11H2,1-3H3. The summed E-state index contributed by atoms with van der Waals surface area (Å²) in [6.07, 6.45) is -0.302. The minimum atomic E-state index is -0.498. The molecule has 0 saturated carbocycles. The van der Waals surface area contributed by atoms with Crippen LogP contribution in [0.3, 0.4) is 0 Å². The maximum absolute atomic E-state index is 12.2. The number of rotatable bonds is 1. The van der Waals surface area contributed by atoms with E-state index in [4.69, 9.17) is 4.74 Å². The highest BCUT2D eigenvalue weighted by Gasteiger charge is 2.28. The van der Waals surface area contributed by atoms with Crippen molar-refractivity contribution in [1.29, 1.82) is 5.26 Å². The van der Waals surface area contributed by atoms with Crippen LogP contribution >= 0.6 is 0 Å². The number of amides is 1. The zero-order valence-corrected chi connectivity index (χ0v) is 12.7. The first-order chi connectivity index (χ1) is 9.90. The van der Waals surface area contributed by atoms with Gasteiger partial charge in [0, 0.05) is 19.6 Å². The molecular weight excluding hydrogens is 266 g/mol. The van der Waals surface area contributed by atoms with Gasteiger partial charge in [-0.3, -0.25) is 0 Å². The van der Waals surface area contributed by atoms with Crippen LogP contribution in [0.5, 0.6) is 0 Å². The quantitative estimate of drug-likeness (QED) is 0.861. The zero-order chi connectivity index (χ0) is 15.5. The average molecular weight is 287 g/mol. The summed E-state index contributed by atoms with van der Waals surface area (Å²) in [7, 11) is 0. The fraction of sp³-hybridized carbons (Fsp3) is 0.500. The summed E-state index contributed by atoms with van der Waals surface area (Å²) >= 11 is 0. The van der Waals surface area contributed by atoms with E-state index in [1.807, 2.05) is 39.0 Å². The zero-order valence-electron chi connectivity index (χ0n) is 12.7. The molecule has 1 aliphatic rings. The monoisotopic (exact) mass is 287 g/mol. The first kappa shape index (κ1) is 15.3. The van der Waals surface area contributed by atoms with Crippen molar-refractivity contribution in [2.45, 2.75) is 32.4 Å². The number of carbonyl (C=O) groups is 1. The van der Waals surface area contributed by atoms with Crippen LogP contribution in [0.4, 0.5) is 4.79 Å². The first-order valence-corrected chi connectivity index (χ1v) is 7.11. The van der Waals surface area contributed by atoms with Gasteiger partial charge in [0.25, 0.3) is 0 Å². The molecule has 5 nitrogen and oxygen atoms in total. The number of nitriles is 1. The third-order valence-corrected chi connectivity index (χ3v) is 3.28. The third-order valence-electron chi connectivity index (χ3n) is 3.28. The summed E-state index contributed by atoms with van der Waals surface area (Å²) in [5.74, 6) is 0. The Morgan fingerprint density at radius 2 is 2.14 bits per heavy atom. The van der Waals surface area contributed by atoms with Crippen molar-refractivity contribution in [3.63, 3.8) is 0 Å². The van der Waals surface area contributed by atoms with Gasteiger partial charge in [0.05, 0.1) is 17.7 Å². The second-order valence-corrected chi connectivity index (χ2v) is 6.13. The van der Waals surface area contributed by atoms with E-state index in [9.17, 15) is 10.1 Å². The van der Waals surface area contributed by atoms with E-state index in [2.05, 4.69) is 11.4 Å². The fourth-order valence-corrected chi connectivity index (χ4v) is 2.35. The topological polar surface area (TPSA) is 65.4 Å². The molecule has 2 rings (SSSR count). The highest BCUT2D eigenvalue weighted by molar-refractivity contribution is 5.68. The molecule has 112 valence electrons. The van der Waals surface area contributed by atoms with Crippen LogP contribution in [0.25, 0.3) is 0 Å². The van der Waals surface area contributed by atoms with Crippen LogP contribution < -0.4 is 5.32 Å². The molecule has 1 fully saturated rings. The Hall–Kier alpha value is -2.06. The second kappa shape index (κ2) is 6.15. The molecule has 0 bridgehead atoms. The van der Waals surface area contributed by atoms with Crippen molar-refractivity contribution in [2.24, 2.45) is 0 Å². The number of hydrogen-bond acceptors (Lipinski definition) is 4. The summed E-state index contributed by atoms with van der Waals surface area (Å²) < 4.78 is 5.41. The largest absolute Gasteiger partial charge is 0.444 e. The van der Waals surface area contributed by atoms with Crippen LogP contribution in [0, 0.1) is 11.3 Å². The van der Waals surface area contributed by atoms with Gasteiger partial charge in [-0.05, 0) is 32.4 Å². The molecule has 1 aromatic rings. The second-order valence-electron chi connectivity index (χ2n) is 6.13. The molecule has 21 heavy (non-hydrogen) atoms. The molecule has 1 amide bonds. The lowest BCUT2D eigenvalue weighted by Gasteiger charge is -2.35. The van der Waals surface area contributed by atoms with Gasteiger partial charge < -0.3 is 15.0 Å². The number of nitrogens with one attached hydrogen (secondary N) is 1. The number of benzene rings is 1. The van der Waals surface area contributed by atoms with E-state index >= 15 is 0 Å². The van der Waals surface area contributed by atoms with Gasteiger partial charge >= 0.3 is 6.09 Å². The van der Waals surface area contributed by atoms with Crippen molar-refractivity contribution in [2.75, 3.05) is 19.6 Å². The fourth-order valence-electron chi connectivity index (χ4n) is 2.35. The molecule has 1 aliphatic heterocycles. The normalized spacial score (nSPS) is 19.0. The van der Waals surface area contributed by atoms with Gasteiger partial charge in [-0.15, -0.1) is 0 Å². The van der Waals surface area contributed by atoms with Crippen LogP contribution in [-0.2, 0) is 4.74 Å². The van der Waals surface area contributed by atoms with E-state index in [1.54, 1.807) is 11.0 Å². The van der Waals surface area contributed by atoms with Crippen LogP contribution in [0.1, 0.15) is 37.9 Å². The van der Waals surface area contributed by atoms with Crippen molar-refractivity contribution < 1.29 is 9.53 Å². The van der Waals surface area contributed by atoms with Crippen LogP contribution in [-0.4, -0.2) is 36.2 Å². The minimum Gasteiger partial charge on any atom is -0.444 e. The molecular formula is C16H21N3O2. The molecule has 1 N–H and O–H groups in total. The van der Waals surface area contributed by atoms with Crippen molar-refractivity contribution in [3.05, 3.63) is 35.4 Å². The molecule has 1 heterocycles.